The summed E-state index contributed by atoms with van der Waals surface area (Å²) in [4.78, 5) is 12.4. The third-order valence-corrected chi connectivity index (χ3v) is 3.44. The normalized spacial score (nSPS) is 10.4. The molecule has 5 nitrogen and oxygen atoms in total. The maximum Gasteiger partial charge on any atom is 0.255 e. The van der Waals surface area contributed by atoms with Crippen LogP contribution in [0.5, 0.6) is 11.5 Å². The first kappa shape index (κ1) is 15.8. The van der Waals surface area contributed by atoms with Crippen LogP contribution in [0.2, 0.25) is 0 Å². The lowest BCUT2D eigenvalue weighted by atomic mass is 10.2. The second-order valence-corrected chi connectivity index (χ2v) is 5.35. The summed E-state index contributed by atoms with van der Waals surface area (Å²) < 4.78 is 10.9. The molecule has 0 unspecified atom stereocenters. The molecule has 3 rings (SSSR count). The molecule has 3 aromatic rings. The van der Waals surface area contributed by atoms with E-state index >= 15 is 0 Å². The molecule has 0 aliphatic rings. The fourth-order valence-corrected chi connectivity index (χ4v) is 2.29. The molecule has 5 heteroatoms. The van der Waals surface area contributed by atoms with Gasteiger partial charge >= 0.3 is 0 Å². The Morgan fingerprint density at radius 2 is 1.88 bits per heavy atom. The Morgan fingerprint density at radius 1 is 1.12 bits per heavy atom. The largest absolute Gasteiger partial charge is 0.457 e. The number of aromatic nitrogens is 1. The first-order chi connectivity index (χ1) is 11.7. The molecule has 1 N–H and O–H groups in total. The van der Waals surface area contributed by atoms with Gasteiger partial charge in [0.15, 0.2) is 0 Å². The van der Waals surface area contributed by atoms with Crippen LogP contribution < -0.4 is 10.1 Å². The van der Waals surface area contributed by atoms with Gasteiger partial charge in [0, 0.05) is 19.0 Å². The van der Waals surface area contributed by atoms with Crippen LogP contribution in [-0.4, -0.2) is 17.6 Å². The van der Waals surface area contributed by atoms with Crippen molar-refractivity contribution < 1.29 is 14.1 Å². The van der Waals surface area contributed by atoms with Crippen molar-refractivity contribution in [3.8, 4) is 11.5 Å². The number of carbonyl (C=O) groups excluding carboxylic acids is 1. The van der Waals surface area contributed by atoms with E-state index in [0.717, 1.165) is 11.5 Å². The molecular weight excluding hydrogens is 304 g/mol. The molecule has 1 aromatic heterocycles. The monoisotopic (exact) mass is 322 g/mol. The van der Waals surface area contributed by atoms with Crippen molar-refractivity contribution in [1.82, 2.24) is 10.5 Å². The van der Waals surface area contributed by atoms with Gasteiger partial charge in [-0.2, -0.15) is 0 Å². The van der Waals surface area contributed by atoms with Crippen molar-refractivity contribution in [2.45, 2.75) is 13.3 Å². The standard InChI is InChI=1S/C19H18N2O3/c1-14-13-16(24-21-14)11-12-20-19(22)17-9-5-6-10-18(17)23-15-7-3-2-4-8-15/h2-10,13H,11-12H2,1H3,(H,20,22). The van der Waals surface area contributed by atoms with Crippen LogP contribution in [0.1, 0.15) is 21.8 Å². The van der Waals surface area contributed by atoms with Crippen molar-refractivity contribution in [3.63, 3.8) is 0 Å². The molecule has 2 aromatic carbocycles. The van der Waals surface area contributed by atoms with Crippen LogP contribution in [0, 0.1) is 6.92 Å². The number of nitrogens with one attached hydrogen (secondary N) is 1. The van der Waals surface area contributed by atoms with Crippen molar-refractivity contribution in [3.05, 3.63) is 77.7 Å². The number of nitrogens with zero attached hydrogens (tertiary/aromatic N) is 1. The SMILES string of the molecule is Cc1cc(CCNC(=O)c2ccccc2Oc2ccccc2)on1. The quantitative estimate of drug-likeness (QED) is 0.751. The molecule has 0 fully saturated rings. The van der Waals surface area contributed by atoms with Crippen molar-refractivity contribution in [2.75, 3.05) is 6.54 Å². The zero-order valence-electron chi connectivity index (χ0n) is 13.4. The predicted molar refractivity (Wildman–Crippen MR) is 90.2 cm³/mol. The maximum atomic E-state index is 12.4. The lowest BCUT2D eigenvalue weighted by molar-refractivity contribution is 0.0951. The van der Waals surface area contributed by atoms with Crippen LogP contribution in [-0.2, 0) is 6.42 Å². The smallest absolute Gasteiger partial charge is 0.255 e. The van der Waals surface area contributed by atoms with Gasteiger partial charge in [-0.3, -0.25) is 4.79 Å². The molecule has 1 heterocycles. The van der Waals surface area contributed by atoms with Gasteiger partial charge in [-0.25, -0.2) is 0 Å². The second-order valence-electron chi connectivity index (χ2n) is 5.35. The van der Waals surface area contributed by atoms with Gasteiger partial charge in [0.25, 0.3) is 5.91 Å². The molecule has 0 bridgehead atoms. The van der Waals surface area contributed by atoms with E-state index in [1.54, 1.807) is 12.1 Å². The molecule has 0 atom stereocenters. The fraction of sp³-hybridized carbons (Fsp3) is 0.158. The van der Waals surface area contributed by atoms with Crippen LogP contribution in [0.4, 0.5) is 0 Å². The summed E-state index contributed by atoms with van der Waals surface area (Å²) in [6.45, 7) is 2.33. The number of rotatable bonds is 6. The van der Waals surface area contributed by atoms with Crippen molar-refractivity contribution in [1.29, 1.82) is 0 Å². The summed E-state index contributed by atoms with van der Waals surface area (Å²) in [5, 5.41) is 6.70. The lowest BCUT2D eigenvalue weighted by Gasteiger charge is -2.11. The minimum atomic E-state index is -0.183. The van der Waals surface area contributed by atoms with E-state index in [2.05, 4.69) is 10.5 Å². The van der Waals surface area contributed by atoms with E-state index in [1.807, 2.05) is 55.5 Å². The van der Waals surface area contributed by atoms with E-state index < -0.39 is 0 Å². The van der Waals surface area contributed by atoms with Crippen molar-refractivity contribution >= 4 is 5.91 Å². The zero-order chi connectivity index (χ0) is 16.8. The number of amides is 1. The highest BCUT2D eigenvalue weighted by atomic mass is 16.5. The molecule has 1 amide bonds. The second kappa shape index (κ2) is 7.46. The van der Waals surface area contributed by atoms with E-state index in [0.29, 0.717) is 30.0 Å². The topological polar surface area (TPSA) is 64.4 Å². The Morgan fingerprint density at radius 3 is 2.62 bits per heavy atom. The number of ether oxygens (including phenoxy) is 1. The molecule has 0 aliphatic carbocycles. The molecule has 0 spiro atoms. The number of para-hydroxylation sites is 2. The third kappa shape index (κ3) is 4.01. The van der Waals surface area contributed by atoms with Crippen LogP contribution in [0.25, 0.3) is 0 Å². The first-order valence-electron chi connectivity index (χ1n) is 7.75. The van der Waals surface area contributed by atoms with E-state index in [9.17, 15) is 4.79 Å². The van der Waals surface area contributed by atoms with Crippen LogP contribution >= 0.6 is 0 Å². The van der Waals surface area contributed by atoms with Crippen molar-refractivity contribution in [2.24, 2.45) is 0 Å². The number of hydrogen-bond donors (Lipinski definition) is 1. The highest BCUT2D eigenvalue weighted by molar-refractivity contribution is 5.97. The minimum absolute atomic E-state index is 0.183. The summed E-state index contributed by atoms with van der Waals surface area (Å²) >= 11 is 0. The molecule has 0 saturated heterocycles. The predicted octanol–water partition coefficient (Wildman–Crippen LogP) is 3.75. The number of hydrogen-bond acceptors (Lipinski definition) is 4. The van der Waals surface area contributed by atoms with E-state index in [1.165, 1.54) is 0 Å². The number of carbonyl (C=O) groups is 1. The zero-order valence-corrected chi connectivity index (χ0v) is 13.4. The summed E-state index contributed by atoms with van der Waals surface area (Å²) in [7, 11) is 0. The Bertz CT molecular complexity index is 812. The molecule has 122 valence electrons. The molecule has 24 heavy (non-hydrogen) atoms. The number of benzene rings is 2. The molecule has 0 saturated carbocycles. The Labute approximate surface area is 140 Å². The summed E-state index contributed by atoms with van der Waals surface area (Å²) in [6, 6.07) is 18.4. The summed E-state index contributed by atoms with van der Waals surface area (Å²) in [5.74, 6) is 1.78. The Kier molecular flexibility index (Phi) is 4.91. The molecular formula is C19H18N2O3. The minimum Gasteiger partial charge on any atom is -0.457 e. The average Bonchev–Trinajstić information content (AvgIpc) is 3.01. The number of aryl methyl sites for hydroxylation is 1. The summed E-state index contributed by atoms with van der Waals surface area (Å²) in [6.07, 6.45) is 0.592. The highest BCUT2D eigenvalue weighted by Crippen LogP contribution is 2.24. The van der Waals surface area contributed by atoms with Gasteiger partial charge in [0.05, 0.1) is 11.3 Å². The molecule has 0 aliphatic heterocycles. The Hall–Kier alpha value is -3.08. The first-order valence-corrected chi connectivity index (χ1v) is 7.75. The Balaban J connectivity index is 1.64. The van der Waals surface area contributed by atoms with Gasteiger partial charge in [0.1, 0.15) is 17.3 Å². The van der Waals surface area contributed by atoms with Gasteiger partial charge < -0.3 is 14.6 Å². The third-order valence-electron chi connectivity index (χ3n) is 3.44. The molecule has 0 radical (unpaired) electrons. The maximum absolute atomic E-state index is 12.4. The lowest BCUT2D eigenvalue weighted by Crippen LogP contribution is -2.26. The van der Waals surface area contributed by atoms with Gasteiger partial charge in [0.2, 0.25) is 0 Å². The van der Waals surface area contributed by atoms with Crippen LogP contribution in [0.3, 0.4) is 0 Å². The highest BCUT2D eigenvalue weighted by Gasteiger charge is 2.12. The average molecular weight is 322 g/mol. The van der Waals surface area contributed by atoms with E-state index in [4.69, 9.17) is 9.26 Å². The van der Waals surface area contributed by atoms with Gasteiger partial charge in [-0.15, -0.1) is 0 Å². The van der Waals surface area contributed by atoms with Crippen LogP contribution in [0.15, 0.2) is 65.2 Å². The van der Waals surface area contributed by atoms with Gasteiger partial charge in [-0.05, 0) is 31.2 Å². The fourth-order valence-electron chi connectivity index (χ4n) is 2.29. The van der Waals surface area contributed by atoms with Gasteiger partial charge in [-0.1, -0.05) is 35.5 Å². The summed E-state index contributed by atoms with van der Waals surface area (Å²) in [5.41, 5.74) is 1.33. The van der Waals surface area contributed by atoms with E-state index in [-0.39, 0.29) is 5.91 Å².